The molecule has 20 heavy (non-hydrogen) atoms. The maximum atomic E-state index is 13.4. The van der Waals surface area contributed by atoms with E-state index in [0.717, 1.165) is 6.20 Å². The van der Waals surface area contributed by atoms with Gasteiger partial charge >= 0.3 is 5.97 Å². The highest BCUT2D eigenvalue weighted by atomic mass is 32.1. The Morgan fingerprint density at radius 1 is 1.50 bits per heavy atom. The summed E-state index contributed by atoms with van der Waals surface area (Å²) in [5, 5.41) is 2.61. The van der Waals surface area contributed by atoms with Crippen molar-refractivity contribution in [3.63, 3.8) is 0 Å². The third-order valence-corrected chi connectivity index (χ3v) is 4.04. The molecule has 0 aliphatic heterocycles. The quantitative estimate of drug-likeness (QED) is 0.877. The van der Waals surface area contributed by atoms with E-state index in [2.05, 4.69) is 15.0 Å². The van der Waals surface area contributed by atoms with Gasteiger partial charge < -0.3 is 10.1 Å². The van der Waals surface area contributed by atoms with Gasteiger partial charge in [-0.2, -0.15) is 0 Å². The van der Waals surface area contributed by atoms with Gasteiger partial charge in [-0.3, -0.25) is 14.6 Å². The van der Waals surface area contributed by atoms with Crippen LogP contribution in [0.25, 0.3) is 10.2 Å². The van der Waals surface area contributed by atoms with Crippen LogP contribution >= 0.6 is 11.3 Å². The molecule has 2 rings (SSSR count). The Morgan fingerprint density at radius 2 is 2.25 bits per heavy atom. The number of nitrogens with zero attached hydrogens (tertiary/aromatic N) is 1. The summed E-state index contributed by atoms with van der Waals surface area (Å²) >= 11 is 1.18. The molecule has 5 nitrogen and oxygen atoms in total. The van der Waals surface area contributed by atoms with Crippen LogP contribution < -0.4 is 5.32 Å². The molecule has 0 radical (unpaired) electrons. The van der Waals surface area contributed by atoms with Crippen LogP contribution in [-0.4, -0.2) is 30.5 Å². The maximum absolute atomic E-state index is 13.4. The van der Waals surface area contributed by atoms with Crippen LogP contribution in [0.3, 0.4) is 0 Å². The molecule has 2 heterocycles. The summed E-state index contributed by atoms with van der Waals surface area (Å²) in [6.07, 6.45) is 1.25. The number of fused-ring (bicyclic) bond motifs is 1. The van der Waals surface area contributed by atoms with Gasteiger partial charge in [0.2, 0.25) is 0 Å². The number of halogens is 1. The average Bonchev–Trinajstić information content (AvgIpc) is 2.87. The summed E-state index contributed by atoms with van der Waals surface area (Å²) in [6.45, 7) is 1.84. The molecule has 0 aliphatic carbocycles. The molecule has 7 heteroatoms. The van der Waals surface area contributed by atoms with Crippen molar-refractivity contribution in [3.8, 4) is 0 Å². The van der Waals surface area contributed by atoms with Gasteiger partial charge in [0.15, 0.2) is 0 Å². The van der Waals surface area contributed by atoms with E-state index in [1.54, 1.807) is 13.0 Å². The van der Waals surface area contributed by atoms with E-state index in [0.29, 0.717) is 20.7 Å². The van der Waals surface area contributed by atoms with Crippen molar-refractivity contribution < 1.29 is 18.7 Å². The van der Waals surface area contributed by atoms with Crippen molar-refractivity contribution >= 4 is 33.4 Å². The fourth-order valence-electron chi connectivity index (χ4n) is 1.66. The first-order valence-corrected chi connectivity index (χ1v) is 6.74. The number of carbonyl (C=O) groups is 2. The smallest absolute Gasteiger partial charge is 0.307 e. The SMILES string of the molecule is COC(=O)CCNC(=O)c1cc2ncc(F)c(C)c2s1. The van der Waals surface area contributed by atoms with Gasteiger partial charge in [-0.25, -0.2) is 4.39 Å². The first-order chi connectivity index (χ1) is 9.52. The molecule has 1 N–H and O–H groups in total. The van der Waals surface area contributed by atoms with E-state index in [9.17, 15) is 14.0 Å². The highest BCUT2D eigenvalue weighted by molar-refractivity contribution is 7.21. The average molecular weight is 296 g/mol. The van der Waals surface area contributed by atoms with Gasteiger partial charge in [0, 0.05) is 12.1 Å². The zero-order valence-corrected chi connectivity index (χ0v) is 11.8. The summed E-state index contributed by atoms with van der Waals surface area (Å²) in [6, 6.07) is 1.61. The molecule has 1 amide bonds. The number of carbonyl (C=O) groups excluding carboxylic acids is 2. The van der Waals surface area contributed by atoms with E-state index in [1.807, 2.05) is 0 Å². The topological polar surface area (TPSA) is 68.3 Å². The Morgan fingerprint density at radius 3 is 2.95 bits per heavy atom. The largest absolute Gasteiger partial charge is 0.469 e. The monoisotopic (exact) mass is 296 g/mol. The highest BCUT2D eigenvalue weighted by Gasteiger charge is 2.14. The minimum atomic E-state index is -0.392. The number of esters is 1. The van der Waals surface area contributed by atoms with Crippen LogP contribution in [0.2, 0.25) is 0 Å². The van der Waals surface area contributed by atoms with E-state index in [1.165, 1.54) is 18.4 Å². The number of aryl methyl sites for hydroxylation is 1. The van der Waals surface area contributed by atoms with Crippen LogP contribution in [0, 0.1) is 12.7 Å². The summed E-state index contributed by atoms with van der Waals surface area (Å²) in [4.78, 5) is 27.2. The maximum Gasteiger partial charge on any atom is 0.307 e. The fraction of sp³-hybridized carbons (Fsp3) is 0.308. The molecule has 2 aromatic heterocycles. The normalized spacial score (nSPS) is 10.6. The lowest BCUT2D eigenvalue weighted by Gasteiger charge is -2.01. The zero-order valence-electron chi connectivity index (χ0n) is 11.0. The first kappa shape index (κ1) is 14.4. The van der Waals surface area contributed by atoms with Gasteiger partial charge in [-0.05, 0) is 13.0 Å². The lowest BCUT2D eigenvalue weighted by atomic mass is 10.2. The number of ether oxygens (including phenoxy) is 1. The fourth-order valence-corrected chi connectivity index (χ4v) is 2.68. The Balaban J connectivity index is 2.11. The molecule has 0 saturated carbocycles. The van der Waals surface area contributed by atoms with Gasteiger partial charge in [0.1, 0.15) is 5.82 Å². The number of rotatable bonds is 4. The summed E-state index contributed by atoms with van der Waals surface area (Å²) in [5.74, 6) is -1.09. The molecule has 0 aromatic carbocycles. The minimum Gasteiger partial charge on any atom is -0.469 e. The Hall–Kier alpha value is -2.02. The summed E-state index contributed by atoms with van der Waals surface area (Å²) in [5.41, 5.74) is 1.07. The number of hydrogen-bond acceptors (Lipinski definition) is 5. The van der Waals surface area contributed by atoms with Crippen LogP contribution in [0.1, 0.15) is 21.7 Å². The number of aromatic nitrogens is 1. The summed E-state index contributed by atoms with van der Waals surface area (Å²) < 4.78 is 18.5. The Kier molecular flexibility index (Phi) is 4.29. The highest BCUT2D eigenvalue weighted by Crippen LogP contribution is 2.28. The molecule has 106 valence electrons. The molecule has 2 aromatic rings. The Bertz CT molecular complexity index is 669. The van der Waals surface area contributed by atoms with Crippen LogP contribution in [0.4, 0.5) is 4.39 Å². The van der Waals surface area contributed by atoms with Crippen LogP contribution in [-0.2, 0) is 9.53 Å². The molecule has 0 saturated heterocycles. The second-order valence-electron chi connectivity index (χ2n) is 4.14. The van der Waals surface area contributed by atoms with Crippen LogP contribution in [0.15, 0.2) is 12.3 Å². The third kappa shape index (κ3) is 2.93. The number of methoxy groups -OCH3 is 1. The molecular formula is C13H13FN2O3S. The molecule has 0 fully saturated rings. The van der Waals surface area contributed by atoms with E-state index < -0.39 is 5.82 Å². The van der Waals surface area contributed by atoms with E-state index in [-0.39, 0.29) is 24.8 Å². The number of thiophene rings is 1. The number of amides is 1. The third-order valence-electron chi connectivity index (χ3n) is 2.79. The van der Waals surface area contributed by atoms with Crippen LogP contribution in [0.5, 0.6) is 0 Å². The molecular weight excluding hydrogens is 283 g/mol. The lowest BCUT2D eigenvalue weighted by Crippen LogP contribution is -2.25. The number of nitrogens with one attached hydrogen (secondary N) is 1. The summed E-state index contributed by atoms with van der Waals surface area (Å²) in [7, 11) is 1.29. The van der Waals surface area contributed by atoms with E-state index in [4.69, 9.17) is 0 Å². The predicted molar refractivity (Wildman–Crippen MR) is 73.3 cm³/mol. The lowest BCUT2D eigenvalue weighted by molar-refractivity contribution is -0.140. The first-order valence-electron chi connectivity index (χ1n) is 5.92. The van der Waals surface area contributed by atoms with Crippen molar-refractivity contribution in [1.82, 2.24) is 10.3 Å². The zero-order chi connectivity index (χ0) is 14.7. The van der Waals surface area contributed by atoms with E-state index >= 15 is 0 Å². The molecule has 0 atom stereocenters. The molecule has 0 bridgehead atoms. The van der Waals surface area contributed by atoms with Crippen molar-refractivity contribution in [3.05, 3.63) is 28.5 Å². The standard InChI is InChI=1S/C13H13FN2O3S/c1-7-8(14)6-16-9-5-10(20-12(7)9)13(18)15-4-3-11(17)19-2/h5-6H,3-4H2,1-2H3,(H,15,18). The van der Waals surface area contributed by atoms with Crippen molar-refractivity contribution in [2.24, 2.45) is 0 Å². The molecule has 0 spiro atoms. The van der Waals surface area contributed by atoms with Gasteiger partial charge in [-0.1, -0.05) is 0 Å². The van der Waals surface area contributed by atoms with Gasteiger partial charge in [0.25, 0.3) is 5.91 Å². The Labute approximate surface area is 118 Å². The molecule has 0 unspecified atom stereocenters. The van der Waals surface area contributed by atoms with Crippen molar-refractivity contribution in [1.29, 1.82) is 0 Å². The van der Waals surface area contributed by atoms with Gasteiger partial charge in [-0.15, -0.1) is 11.3 Å². The number of pyridine rings is 1. The second-order valence-corrected chi connectivity index (χ2v) is 5.19. The minimum absolute atomic E-state index is 0.110. The second kappa shape index (κ2) is 5.96. The predicted octanol–water partition coefficient (Wildman–Crippen LogP) is 2.04. The molecule has 0 aliphatic rings. The number of hydrogen-bond donors (Lipinski definition) is 1. The van der Waals surface area contributed by atoms with Crippen molar-refractivity contribution in [2.75, 3.05) is 13.7 Å². The van der Waals surface area contributed by atoms with Gasteiger partial charge in [0.05, 0.1) is 34.8 Å². The van der Waals surface area contributed by atoms with Crippen molar-refractivity contribution in [2.45, 2.75) is 13.3 Å².